The summed E-state index contributed by atoms with van der Waals surface area (Å²) in [7, 11) is -3.80. The molecular weight excluding hydrogens is 357 g/mol. The molecule has 0 radical (unpaired) electrons. The highest BCUT2D eigenvalue weighted by molar-refractivity contribution is 7.52. The van der Waals surface area contributed by atoms with Gasteiger partial charge in [0.1, 0.15) is 11.5 Å². The highest BCUT2D eigenvalue weighted by Crippen LogP contribution is 2.57. The number of benzene rings is 4. The third-order valence-corrected chi connectivity index (χ3v) is 5.94. The molecule has 5 heteroatoms. The van der Waals surface area contributed by atoms with E-state index in [-0.39, 0.29) is 0 Å². The van der Waals surface area contributed by atoms with Crippen molar-refractivity contribution in [3.8, 4) is 22.6 Å². The standard InChI is InChI=1S/C22H18NO3P/c1-13-11-15-7-3-5-9-17(15)19-20-18-10-6-4-8-16(18)12-14(2)22(20)26-27(23,24)25-21(13)19/h3-12H,1-2H3,(H2,23,24). The Morgan fingerprint density at radius 3 is 1.59 bits per heavy atom. The summed E-state index contributed by atoms with van der Waals surface area (Å²) >= 11 is 0. The van der Waals surface area contributed by atoms with E-state index >= 15 is 0 Å². The second kappa shape index (κ2) is 5.59. The van der Waals surface area contributed by atoms with E-state index in [1.807, 2.05) is 62.4 Å². The summed E-state index contributed by atoms with van der Waals surface area (Å²) in [6, 6.07) is 20.3. The normalized spacial score (nSPS) is 14.8. The minimum Gasteiger partial charge on any atom is -0.404 e. The van der Waals surface area contributed by atoms with E-state index in [9.17, 15) is 4.57 Å². The molecular formula is C22H18NO3P. The maximum absolute atomic E-state index is 12.9. The van der Waals surface area contributed by atoms with E-state index in [4.69, 9.17) is 14.6 Å². The van der Waals surface area contributed by atoms with E-state index in [0.717, 1.165) is 43.8 Å². The van der Waals surface area contributed by atoms with Crippen LogP contribution in [0, 0.1) is 13.8 Å². The van der Waals surface area contributed by atoms with Gasteiger partial charge in [0.2, 0.25) is 0 Å². The van der Waals surface area contributed by atoms with Crippen LogP contribution in [0.4, 0.5) is 0 Å². The van der Waals surface area contributed by atoms with Crippen LogP contribution in [-0.4, -0.2) is 0 Å². The first-order chi connectivity index (χ1) is 12.9. The molecule has 1 aliphatic heterocycles. The molecule has 4 nitrogen and oxygen atoms in total. The summed E-state index contributed by atoms with van der Waals surface area (Å²) in [4.78, 5) is 0. The van der Waals surface area contributed by atoms with Gasteiger partial charge in [0.25, 0.3) is 0 Å². The maximum Gasteiger partial charge on any atom is 0.510 e. The van der Waals surface area contributed by atoms with Gasteiger partial charge in [-0.15, -0.1) is 0 Å². The van der Waals surface area contributed by atoms with Crippen LogP contribution in [0.3, 0.4) is 0 Å². The molecule has 0 aromatic heterocycles. The van der Waals surface area contributed by atoms with E-state index in [0.29, 0.717) is 11.5 Å². The molecule has 4 aromatic carbocycles. The topological polar surface area (TPSA) is 61.5 Å². The van der Waals surface area contributed by atoms with Gasteiger partial charge in [-0.3, -0.25) is 0 Å². The predicted molar refractivity (Wildman–Crippen MR) is 109 cm³/mol. The second-order valence-corrected chi connectivity index (χ2v) is 8.40. The van der Waals surface area contributed by atoms with E-state index in [2.05, 4.69) is 12.1 Å². The first kappa shape index (κ1) is 16.4. The molecule has 0 unspecified atom stereocenters. The number of rotatable bonds is 0. The number of hydrogen-bond acceptors (Lipinski definition) is 3. The summed E-state index contributed by atoms with van der Waals surface area (Å²) in [5.74, 6) is 1.04. The molecule has 1 heterocycles. The molecule has 2 N–H and O–H groups in total. The Bertz CT molecular complexity index is 1200. The van der Waals surface area contributed by atoms with Gasteiger partial charge in [0.05, 0.1) is 0 Å². The molecule has 134 valence electrons. The lowest BCUT2D eigenvalue weighted by atomic mass is 9.89. The Kier molecular flexibility index (Phi) is 3.39. The third-order valence-electron chi connectivity index (χ3n) is 5.06. The largest absolute Gasteiger partial charge is 0.510 e. The van der Waals surface area contributed by atoms with Crippen molar-refractivity contribution < 1.29 is 13.6 Å². The highest BCUT2D eigenvalue weighted by atomic mass is 31.2. The Labute approximate surface area is 157 Å². The van der Waals surface area contributed by atoms with Crippen LogP contribution in [0.5, 0.6) is 11.5 Å². The smallest absolute Gasteiger partial charge is 0.404 e. The summed E-state index contributed by atoms with van der Waals surface area (Å²) in [6.07, 6.45) is 0. The van der Waals surface area contributed by atoms with Crippen LogP contribution in [0.15, 0.2) is 60.7 Å². The van der Waals surface area contributed by atoms with Gasteiger partial charge >= 0.3 is 7.75 Å². The van der Waals surface area contributed by atoms with Crippen LogP contribution >= 0.6 is 7.75 Å². The molecule has 5 rings (SSSR count). The van der Waals surface area contributed by atoms with Crippen molar-refractivity contribution in [2.45, 2.75) is 13.8 Å². The third kappa shape index (κ3) is 2.45. The highest BCUT2D eigenvalue weighted by Gasteiger charge is 2.34. The van der Waals surface area contributed by atoms with Crippen molar-refractivity contribution in [1.29, 1.82) is 0 Å². The molecule has 4 aromatic rings. The maximum atomic E-state index is 12.9. The van der Waals surface area contributed by atoms with Crippen molar-refractivity contribution in [2.75, 3.05) is 0 Å². The minimum atomic E-state index is -3.80. The molecule has 0 saturated heterocycles. The summed E-state index contributed by atoms with van der Waals surface area (Å²) in [6.45, 7) is 3.88. The summed E-state index contributed by atoms with van der Waals surface area (Å²) < 4.78 is 24.5. The molecule has 0 aliphatic carbocycles. The fourth-order valence-corrected chi connectivity index (χ4v) is 4.96. The van der Waals surface area contributed by atoms with Crippen LogP contribution in [0.25, 0.3) is 32.7 Å². The van der Waals surface area contributed by atoms with Gasteiger partial charge in [-0.05, 0) is 58.7 Å². The van der Waals surface area contributed by atoms with E-state index in [1.165, 1.54) is 0 Å². The summed E-state index contributed by atoms with van der Waals surface area (Å²) in [5, 5.41) is 4.20. The van der Waals surface area contributed by atoms with E-state index < -0.39 is 7.75 Å². The van der Waals surface area contributed by atoms with Gasteiger partial charge in [0, 0.05) is 11.1 Å². The van der Waals surface area contributed by atoms with Crippen molar-refractivity contribution >= 4 is 29.3 Å². The number of nitrogens with two attached hydrogens (primary N) is 1. The lowest BCUT2D eigenvalue weighted by Crippen LogP contribution is -2.08. The van der Waals surface area contributed by atoms with Crippen molar-refractivity contribution in [2.24, 2.45) is 5.50 Å². The second-order valence-electron chi connectivity index (χ2n) is 6.96. The molecule has 0 fully saturated rings. The van der Waals surface area contributed by atoms with Gasteiger partial charge in [-0.1, -0.05) is 48.5 Å². The van der Waals surface area contributed by atoms with Gasteiger partial charge in [-0.25, -0.2) is 10.1 Å². The lowest BCUT2D eigenvalue weighted by Gasteiger charge is -2.16. The number of hydrogen-bond donors (Lipinski definition) is 1. The zero-order chi connectivity index (χ0) is 18.8. The van der Waals surface area contributed by atoms with Crippen LogP contribution in [0.1, 0.15) is 11.1 Å². The van der Waals surface area contributed by atoms with Crippen LogP contribution in [0.2, 0.25) is 0 Å². The van der Waals surface area contributed by atoms with Gasteiger partial charge in [-0.2, -0.15) is 0 Å². The minimum absolute atomic E-state index is 0.522. The van der Waals surface area contributed by atoms with E-state index in [1.54, 1.807) is 0 Å². The van der Waals surface area contributed by atoms with Crippen LogP contribution < -0.4 is 14.6 Å². The fourth-order valence-electron chi connectivity index (χ4n) is 3.94. The molecule has 0 amide bonds. The zero-order valence-corrected chi connectivity index (χ0v) is 15.9. The predicted octanol–water partition coefficient (Wildman–Crippen LogP) is 6.11. The van der Waals surface area contributed by atoms with Crippen molar-refractivity contribution in [1.82, 2.24) is 0 Å². The fraction of sp³-hybridized carbons (Fsp3) is 0.0909. The Morgan fingerprint density at radius 1 is 0.741 bits per heavy atom. The zero-order valence-electron chi connectivity index (χ0n) is 15.0. The molecule has 0 bridgehead atoms. The molecule has 1 aliphatic rings. The Balaban J connectivity index is 2.08. The quantitative estimate of drug-likeness (QED) is 0.376. The lowest BCUT2D eigenvalue weighted by molar-refractivity contribution is 0.391. The number of fused-ring (bicyclic) bond motifs is 7. The molecule has 0 saturated carbocycles. The van der Waals surface area contributed by atoms with Gasteiger partial charge < -0.3 is 9.05 Å². The Morgan fingerprint density at radius 2 is 1.15 bits per heavy atom. The van der Waals surface area contributed by atoms with Crippen LogP contribution in [-0.2, 0) is 4.57 Å². The molecule has 0 atom stereocenters. The first-order valence-corrected chi connectivity index (χ1v) is 10.4. The monoisotopic (exact) mass is 375 g/mol. The van der Waals surface area contributed by atoms with Gasteiger partial charge in [0.15, 0.2) is 0 Å². The average molecular weight is 375 g/mol. The Hall–Kier alpha value is -2.81. The first-order valence-electron chi connectivity index (χ1n) is 8.77. The molecule has 27 heavy (non-hydrogen) atoms. The molecule has 0 spiro atoms. The summed E-state index contributed by atoms with van der Waals surface area (Å²) in [5.41, 5.74) is 9.44. The average Bonchev–Trinajstić information content (AvgIpc) is 2.76. The van der Waals surface area contributed by atoms with Crippen molar-refractivity contribution in [3.63, 3.8) is 0 Å². The SMILES string of the molecule is Cc1cc2ccccc2c2c1OP(N)(=O)Oc1c(C)cc3ccccc3c1-2. The number of aryl methyl sites for hydroxylation is 2. The van der Waals surface area contributed by atoms with Crippen molar-refractivity contribution in [3.05, 3.63) is 71.8 Å².